The maximum atomic E-state index is 11.6. The average Bonchev–Trinajstić information content (AvgIpc) is 2.16. The van der Waals surface area contributed by atoms with Gasteiger partial charge in [0.15, 0.2) is 0 Å². The summed E-state index contributed by atoms with van der Waals surface area (Å²) in [5.74, 6) is -0.0701. The summed E-state index contributed by atoms with van der Waals surface area (Å²) in [5.41, 5.74) is 7.52. The molecule has 1 unspecified atom stereocenters. The molecule has 0 aliphatic heterocycles. The molecule has 1 rings (SSSR count). The Morgan fingerprint density at radius 2 is 2.00 bits per heavy atom. The molecule has 3 heteroatoms. The van der Waals surface area contributed by atoms with E-state index < -0.39 is 6.04 Å². The van der Waals surface area contributed by atoms with Gasteiger partial charge < -0.3 is 10.6 Å². The fraction of sp³-hybridized carbons (Fsp3) is 0.364. The third-order valence-corrected chi connectivity index (χ3v) is 2.20. The molecule has 1 amide bonds. The first kappa shape index (κ1) is 10.7. The molecule has 3 nitrogen and oxygen atoms in total. The highest BCUT2D eigenvalue weighted by atomic mass is 16.2. The number of benzene rings is 1. The average molecular weight is 192 g/mol. The number of anilines is 1. The molecule has 76 valence electrons. The summed E-state index contributed by atoms with van der Waals surface area (Å²) < 4.78 is 0. The van der Waals surface area contributed by atoms with E-state index in [1.807, 2.05) is 31.2 Å². The lowest BCUT2D eigenvalue weighted by atomic mass is 10.1. The number of aryl methyl sites for hydroxylation is 1. The number of nitrogens with two attached hydrogens (primary N) is 1. The van der Waals surface area contributed by atoms with Gasteiger partial charge in [0.2, 0.25) is 5.91 Å². The van der Waals surface area contributed by atoms with Crippen LogP contribution in [0.5, 0.6) is 0 Å². The Balaban J connectivity index is 2.95. The molecule has 0 spiro atoms. The van der Waals surface area contributed by atoms with Crippen molar-refractivity contribution < 1.29 is 4.79 Å². The second-order valence-electron chi connectivity index (χ2n) is 3.47. The third-order valence-electron chi connectivity index (χ3n) is 2.20. The number of hydrogen-bond acceptors (Lipinski definition) is 2. The minimum atomic E-state index is -0.459. The summed E-state index contributed by atoms with van der Waals surface area (Å²) in [6, 6.07) is 7.28. The molecule has 0 radical (unpaired) electrons. The first-order valence-corrected chi connectivity index (χ1v) is 4.63. The van der Waals surface area contributed by atoms with Crippen molar-refractivity contribution in [3.8, 4) is 0 Å². The van der Waals surface area contributed by atoms with Crippen molar-refractivity contribution in [2.45, 2.75) is 19.9 Å². The number of para-hydroxylation sites is 1. The molecule has 14 heavy (non-hydrogen) atoms. The van der Waals surface area contributed by atoms with Gasteiger partial charge in [-0.15, -0.1) is 0 Å². The van der Waals surface area contributed by atoms with E-state index in [9.17, 15) is 4.79 Å². The van der Waals surface area contributed by atoms with Gasteiger partial charge in [-0.05, 0) is 25.5 Å². The van der Waals surface area contributed by atoms with E-state index >= 15 is 0 Å². The first-order valence-electron chi connectivity index (χ1n) is 4.63. The number of nitrogens with zero attached hydrogens (tertiary/aromatic N) is 1. The molecule has 0 heterocycles. The van der Waals surface area contributed by atoms with Gasteiger partial charge >= 0.3 is 0 Å². The second kappa shape index (κ2) is 4.24. The summed E-state index contributed by atoms with van der Waals surface area (Å²) in [6.45, 7) is 3.66. The normalized spacial score (nSPS) is 12.3. The quantitative estimate of drug-likeness (QED) is 0.767. The largest absolute Gasteiger partial charge is 0.320 e. The summed E-state index contributed by atoms with van der Waals surface area (Å²) in [7, 11) is 1.74. The topological polar surface area (TPSA) is 46.3 Å². The van der Waals surface area contributed by atoms with Gasteiger partial charge in [0.05, 0.1) is 6.04 Å². The van der Waals surface area contributed by atoms with E-state index in [0.29, 0.717) is 0 Å². The number of hydrogen-bond donors (Lipinski definition) is 1. The van der Waals surface area contributed by atoms with E-state index in [0.717, 1.165) is 11.3 Å². The van der Waals surface area contributed by atoms with Crippen molar-refractivity contribution >= 4 is 11.6 Å². The van der Waals surface area contributed by atoms with Crippen LogP contribution in [0.3, 0.4) is 0 Å². The lowest BCUT2D eigenvalue weighted by Crippen LogP contribution is -2.40. The molecule has 0 aliphatic carbocycles. The highest BCUT2D eigenvalue weighted by Crippen LogP contribution is 2.17. The Morgan fingerprint density at radius 3 is 2.50 bits per heavy atom. The first-order chi connectivity index (χ1) is 6.54. The van der Waals surface area contributed by atoms with Crippen molar-refractivity contribution in [3.05, 3.63) is 29.8 Å². The lowest BCUT2D eigenvalue weighted by Gasteiger charge is -2.21. The van der Waals surface area contributed by atoms with Crippen LogP contribution in [-0.2, 0) is 4.79 Å². The maximum absolute atomic E-state index is 11.6. The van der Waals surface area contributed by atoms with Crippen LogP contribution < -0.4 is 10.6 Å². The van der Waals surface area contributed by atoms with Gasteiger partial charge in [0, 0.05) is 12.7 Å². The number of carbonyl (C=O) groups is 1. The molecule has 0 fully saturated rings. The van der Waals surface area contributed by atoms with Crippen LogP contribution in [0, 0.1) is 6.92 Å². The van der Waals surface area contributed by atoms with Crippen molar-refractivity contribution in [2.75, 3.05) is 11.9 Å². The molecular formula is C11H16N2O. The zero-order chi connectivity index (χ0) is 10.7. The van der Waals surface area contributed by atoms with Gasteiger partial charge in [-0.1, -0.05) is 18.2 Å². The predicted octanol–water partition coefficient (Wildman–Crippen LogP) is 1.31. The van der Waals surface area contributed by atoms with Crippen LogP contribution in [0.1, 0.15) is 12.5 Å². The minimum absolute atomic E-state index is 0.0701. The zero-order valence-corrected chi connectivity index (χ0v) is 8.82. The lowest BCUT2D eigenvalue weighted by molar-refractivity contribution is -0.119. The van der Waals surface area contributed by atoms with E-state index in [1.54, 1.807) is 18.9 Å². The zero-order valence-electron chi connectivity index (χ0n) is 8.82. The standard InChI is InChI=1S/C11H16N2O/c1-8-6-4-5-7-10(8)13(3)11(14)9(2)12/h4-7,9H,12H2,1-3H3. The molecule has 0 saturated carbocycles. The SMILES string of the molecule is Cc1ccccc1N(C)C(=O)C(C)N. The Bertz CT molecular complexity index is 334. The summed E-state index contributed by atoms with van der Waals surface area (Å²) >= 11 is 0. The van der Waals surface area contributed by atoms with Gasteiger partial charge in [-0.3, -0.25) is 4.79 Å². The number of carbonyl (C=O) groups excluding carboxylic acids is 1. The summed E-state index contributed by atoms with van der Waals surface area (Å²) in [4.78, 5) is 13.2. The molecular weight excluding hydrogens is 176 g/mol. The maximum Gasteiger partial charge on any atom is 0.243 e. The molecule has 0 bridgehead atoms. The molecule has 2 N–H and O–H groups in total. The summed E-state index contributed by atoms with van der Waals surface area (Å²) in [6.07, 6.45) is 0. The summed E-state index contributed by atoms with van der Waals surface area (Å²) in [5, 5.41) is 0. The third kappa shape index (κ3) is 2.12. The molecule has 0 saturated heterocycles. The molecule has 0 aromatic heterocycles. The van der Waals surface area contributed by atoms with Gasteiger partial charge in [0.25, 0.3) is 0 Å². The fourth-order valence-corrected chi connectivity index (χ4v) is 1.36. The minimum Gasteiger partial charge on any atom is -0.320 e. The van der Waals surface area contributed by atoms with Gasteiger partial charge in [-0.2, -0.15) is 0 Å². The van der Waals surface area contributed by atoms with E-state index in [2.05, 4.69) is 0 Å². The second-order valence-corrected chi connectivity index (χ2v) is 3.47. The van der Waals surface area contributed by atoms with Crippen LogP contribution in [0.25, 0.3) is 0 Å². The van der Waals surface area contributed by atoms with Crippen LogP contribution in [0.4, 0.5) is 5.69 Å². The van der Waals surface area contributed by atoms with Crippen molar-refractivity contribution in [1.29, 1.82) is 0 Å². The van der Waals surface area contributed by atoms with E-state index in [4.69, 9.17) is 5.73 Å². The predicted molar refractivity (Wildman–Crippen MR) is 58.2 cm³/mol. The van der Waals surface area contributed by atoms with Crippen LogP contribution in [0.2, 0.25) is 0 Å². The smallest absolute Gasteiger partial charge is 0.243 e. The Kier molecular flexibility index (Phi) is 3.25. The number of likely N-dealkylation sites (N-methyl/N-ethyl adjacent to an activating group) is 1. The van der Waals surface area contributed by atoms with E-state index in [-0.39, 0.29) is 5.91 Å². The van der Waals surface area contributed by atoms with Crippen molar-refractivity contribution in [1.82, 2.24) is 0 Å². The fourth-order valence-electron chi connectivity index (χ4n) is 1.36. The van der Waals surface area contributed by atoms with Gasteiger partial charge in [0.1, 0.15) is 0 Å². The number of amides is 1. The van der Waals surface area contributed by atoms with E-state index in [1.165, 1.54) is 0 Å². The van der Waals surface area contributed by atoms with Crippen LogP contribution in [-0.4, -0.2) is 19.0 Å². The molecule has 1 atom stereocenters. The highest BCUT2D eigenvalue weighted by Gasteiger charge is 2.15. The molecule has 1 aromatic rings. The number of rotatable bonds is 2. The monoisotopic (exact) mass is 192 g/mol. The Hall–Kier alpha value is -1.35. The van der Waals surface area contributed by atoms with Crippen LogP contribution >= 0.6 is 0 Å². The molecule has 1 aromatic carbocycles. The highest BCUT2D eigenvalue weighted by molar-refractivity contribution is 5.96. The molecule has 0 aliphatic rings. The van der Waals surface area contributed by atoms with Crippen molar-refractivity contribution in [3.63, 3.8) is 0 Å². The van der Waals surface area contributed by atoms with Gasteiger partial charge in [-0.25, -0.2) is 0 Å². The van der Waals surface area contributed by atoms with Crippen LogP contribution in [0.15, 0.2) is 24.3 Å². The Labute approximate surface area is 84.5 Å². The van der Waals surface area contributed by atoms with Crippen molar-refractivity contribution in [2.24, 2.45) is 5.73 Å². The Morgan fingerprint density at radius 1 is 1.43 bits per heavy atom.